The van der Waals surface area contributed by atoms with Crippen LogP contribution < -0.4 is 5.32 Å². The van der Waals surface area contributed by atoms with E-state index in [1.54, 1.807) is 6.07 Å². The number of rotatable bonds is 0. The Morgan fingerprint density at radius 3 is 2.86 bits per heavy atom. The van der Waals surface area contributed by atoms with Gasteiger partial charge in [0.15, 0.2) is 0 Å². The zero-order chi connectivity index (χ0) is 14.7. The van der Waals surface area contributed by atoms with Gasteiger partial charge in [0.25, 0.3) is 0 Å². The molecule has 2 aliphatic heterocycles. The molecule has 3 heteroatoms. The first-order valence-electron chi connectivity index (χ1n) is 7.20. The maximum absolute atomic E-state index is 9.82. The van der Waals surface area contributed by atoms with Crippen LogP contribution in [0.2, 0.25) is 0 Å². The molecule has 21 heavy (non-hydrogen) atoms. The second-order valence-electron chi connectivity index (χ2n) is 5.97. The highest BCUT2D eigenvalue weighted by Crippen LogP contribution is 2.48. The number of phenolic OH excluding ortho intramolecular Hbond substituents is 1. The van der Waals surface area contributed by atoms with Gasteiger partial charge in [-0.15, -0.1) is 0 Å². The van der Waals surface area contributed by atoms with Gasteiger partial charge in [-0.3, -0.25) is 0 Å². The van der Waals surface area contributed by atoms with Crippen LogP contribution in [-0.2, 0) is 0 Å². The quantitative estimate of drug-likeness (QED) is 0.711. The molecule has 1 aromatic carbocycles. The molecule has 1 unspecified atom stereocenters. The third kappa shape index (κ3) is 1.60. The van der Waals surface area contributed by atoms with Crippen molar-refractivity contribution in [2.45, 2.75) is 19.9 Å². The lowest BCUT2D eigenvalue weighted by molar-refractivity contribution is 0.475. The molecule has 0 saturated heterocycles. The molecule has 106 valence electrons. The first kappa shape index (κ1) is 12.3. The fraction of sp³-hybridized carbons (Fsp3) is 0.222. The number of hydrogen-bond donors (Lipinski definition) is 2. The van der Waals surface area contributed by atoms with Crippen LogP contribution in [0.1, 0.15) is 19.4 Å². The number of benzene rings is 1. The van der Waals surface area contributed by atoms with Crippen molar-refractivity contribution in [2.24, 2.45) is 0 Å². The monoisotopic (exact) mass is 278 g/mol. The smallest absolute Gasteiger partial charge is 0.116 e. The van der Waals surface area contributed by atoms with Crippen LogP contribution in [0.5, 0.6) is 5.75 Å². The molecule has 1 atom stereocenters. The molecule has 2 heterocycles. The van der Waals surface area contributed by atoms with Crippen LogP contribution in [0.3, 0.4) is 0 Å². The third-order valence-corrected chi connectivity index (χ3v) is 4.65. The lowest BCUT2D eigenvalue weighted by Gasteiger charge is -2.31. The standard InChI is InChI=1S/C18H18N2O/c1-10-15-9-20(3)7-6-13(15)11(2)18-17(10)14-8-12(21)4-5-16(14)19-18/h4-9,18-19,21H,1-3H3. The predicted molar refractivity (Wildman–Crippen MR) is 85.8 cm³/mol. The Labute approximate surface area is 124 Å². The van der Waals surface area contributed by atoms with E-state index in [4.69, 9.17) is 0 Å². The summed E-state index contributed by atoms with van der Waals surface area (Å²) in [6.07, 6.45) is 6.46. The Morgan fingerprint density at radius 2 is 2.05 bits per heavy atom. The van der Waals surface area contributed by atoms with E-state index < -0.39 is 0 Å². The van der Waals surface area contributed by atoms with Crippen molar-refractivity contribution in [1.82, 2.24) is 4.90 Å². The van der Waals surface area contributed by atoms with E-state index in [1.807, 2.05) is 19.2 Å². The van der Waals surface area contributed by atoms with E-state index in [9.17, 15) is 5.11 Å². The van der Waals surface area contributed by atoms with Gasteiger partial charge in [-0.2, -0.15) is 0 Å². The predicted octanol–water partition coefficient (Wildman–Crippen LogP) is 3.63. The highest BCUT2D eigenvalue weighted by Gasteiger charge is 2.35. The Hall–Kier alpha value is -2.42. The lowest BCUT2D eigenvalue weighted by Crippen LogP contribution is -2.24. The molecule has 0 fully saturated rings. The van der Waals surface area contributed by atoms with Gasteiger partial charge in [0.05, 0.1) is 6.04 Å². The fourth-order valence-corrected chi connectivity index (χ4v) is 3.55. The number of allylic oxidation sites excluding steroid dienone is 4. The van der Waals surface area contributed by atoms with Crippen molar-refractivity contribution in [3.63, 3.8) is 0 Å². The van der Waals surface area contributed by atoms with Gasteiger partial charge in [0.1, 0.15) is 5.75 Å². The first-order chi connectivity index (χ1) is 10.1. The SMILES string of the molecule is CC1=C2c3cc(O)ccc3NC2C(C)=C2C=CN(C)C=C12. The summed E-state index contributed by atoms with van der Waals surface area (Å²) in [4.78, 5) is 2.09. The Bertz CT molecular complexity index is 780. The van der Waals surface area contributed by atoms with Crippen LogP contribution in [0.4, 0.5) is 5.69 Å². The summed E-state index contributed by atoms with van der Waals surface area (Å²) >= 11 is 0. The molecule has 3 aliphatic rings. The van der Waals surface area contributed by atoms with Crippen LogP contribution in [-0.4, -0.2) is 23.1 Å². The van der Waals surface area contributed by atoms with Crippen LogP contribution in [0.25, 0.3) is 5.57 Å². The second-order valence-corrected chi connectivity index (χ2v) is 5.97. The lowest BCUT2D eigenvalue weighted by atomic mass is 9.79. The molecular weight excluding hydrogens is 260 g/mol. The van der Waals surface area contributed by atoms with Gasteiger partial charge >= 0.3 is 0 Å². The summed E-state index contributed by atoms with van der Waals surface area (Å²) in [6, 6.07) is 5.77. The number of phenols is 1. The van der Waals surface area contributed by atoms with Crippen molar-refractivity contribution in [3.8, 4) is 5.75 Å². The summed E-state index contributed by atoms with van der Waals surface area (Å²) in [5, 5.41) is 13.4. The summed E-state index contributed by atoms with van der Waals surface area (Å²) in [5.74, 6) is 0.318. The van der Waals surface area contributed by atoms with Gasteiger partial charge in [-0.25, -0.2) is 0 Å². The van der Waals surface area contributed by atoms with E-state index in [2.05, 4.69) is 42.5 Å². The van der Waals surface area contributed by atoms with E-state index >= 15 is 0 Å². The first-order valence-corrected chi connectivity index (χ1v) is 7.20. The molecule has 1 aromatic rings. The normalized spacial score (nSPS) is 22.7. The van der Waals surface area contributed by atoms with Crippen LogP contribution in [0.15, 0.2) is 59.0 Å². The van der Waals surface area contributed by atoms with Crippen LogP contribution in [0, 0.1) is 0 Å². The average molecular weight is 278 g/mol. The van der Waals surface area contributed by atoms with Gasteiger partial charge in [-0.05, 0) is 60.4 Å². The van der Waals surface area contributed by atoms with Crippen molar-refractivity contribution < 1.29 is 5.11 Å². The molecule has 0 amide bonds. The zero-order valence-corrected chi connectivity index (χ0v) is 12.4. The summed E-state index contributed by atoms with van der Waals surface area (Å²) < 4.78 is 0. The van der Waals surface area contributed by atoms with Gasteiger partial charge in [0.2, 0.25) is 0 Å². The maximum Gasteiger partial charge on any atom is 0.116 e. The minimum absolute atomic E-state index is 0.210. The molecule has 0 spiro atoms. The van der Waals surface area contributed by atoms with E-state index in [1.165, 1.54) is 27.9 Å². The molecule has 0 radical (unpaired) electrons. The molecule has 0 saturated carbocycles. The molecule has 0 bridgehead atoms. The summed E-state index contributed by atoms with van der Waals surface area (Å²) in [7, 11) is 2.05. The number of aromatic hydroxyl groups is 1. The number of hydrogen-bond acceptors (Lipinski definition) is 3. The number of anilines is 1. The van der Waals surface area contributed by atoms with Crippen molar-refractivity contribution >= 4 is 11.3 Å². The highest BCUT2D eigenvalue weighted by molar-refractivity contribution is 5.95. The fourth-order valence-electron chi connectivity index (χ4n) is 3.55. The number of nitrogens with one attached hydrogen (secondary N) is 1. The van der Waals surface area contributed by atoms with Gasteiger partial charge in [-0.1, -0.05) is 0 Å². The molecule has 4 rings (SSSR count). The van der Waals surface area contributed by atoms with Crippen molar-refractivity contribution in [1.29, 1.82) is 0 Å². The van der Waals surface area contributed by atoms with E-state index in [0.29, 0.717) is 5.75 Å². The van der Waals surface area contributed by atoms with E-state index in [-0.39, 0.29) is 6.04 Å². The Kier molecular flexibility index (Phi) is 2.37. The second kappa shape index (κ2) is 4.04. The largest absolute Gasteiger partial charge is 0.508 e. The van der Waals surface area contributed by atoms with Crippen molar-refractivity contribution in [3.05, 3.63) is 64.5 Å². The molecule has 1 aliphatic carbocycles. The van der Waals surface area contributed by atoms with Gasteiger partial charge in [0, 0.05) is 36.3 Å². The average Bonchev–Trinajstić information content (AvgIpc) is 2.83. The number of nitrogens with zero attached hydrogens (tertiary/aromatic N) is 1. The molecule has 2 N–H and O–H groups in total. The van der Waals surface area contributed by atoms with Gasteiger partial charge < -0.3 is 15.3 Å². The summed E-state index contributed by atoms with van der Waals surface area (Å²) in [5.41, 5.74) is 8.72. The zero-order valence-electron chi connectivity index (χ0n) is 12.4. The van der Waals surface area contributed by atoms with E-state index in [0.717, 1.165) is 11.3 Å². The van der Waals surface area contributed by atoms with Crippen molar-refractivity contribution in [2.75, 3.05) is 12.4 Å². The molecule has 3 nitrogen and oxygen atoms in total. The third-order valence-electron chi connectivity index (χ3n) is 4.65. The minimum atomic E-state index is 0.210. The minimum Gasteiger partial charge on any atom is -0.508 e. The summed E-state index contributed by atoms with van der Waals surface area (Å²) in [6.45, 7) is 4.36. The molecular formula is C18H18N2O. The number of fused-ring (bicyclic) bond motifs is 4. The highest BCUT2D eigenvalue weighted by atomic mass is 16.3. The topological polar surface area (TPSA) is 35.5 Å². The van der Waals surface area contributed by atoms with Crippen LogP contribution >= 0.6 is 0 Å². The molecule has 0 aromatic heterocycles. The Morgan fingerprint density at radius 1 is 1.24 bits per heavy atom. The maximum atomic E-state index is 9.82. The Balaban J connectivity index is 1.97.